The average Bonchev–Trinajstić information content (AvgIpc) is 3.40. The third kappa shape index (κ3) is 4.90. The molecule has 1 aliphatic heterocycles. The lowest BCUT2D eigenvalue weighted by atomic mass is 10.1. The van der Waals surface area contributed by atoms with Crippen LogP contribution in [-0.2, 0) is 17.5 Å². The molecule has 0 bridgehead atoms. The highest BCUT2D eigenvalue weighted by atomic mass is 19.4. The summed E-state index contributed by atoms with van der Waals surface area (Å²) in [7, 11) is 0. The van der Waals surface area contributed by atoms with Gasteiger partial charge in [0.25, 0.3) is 0 Å². The van der Waals surface area contributed by atoms with Crippen LogP contribution in [0, 0.1) is 6.92 Å². The average molecular weight is 444 g/mol. The molecule has 3 aromatic heterocycles. The van der Waals surface area contributed by atoms with Crippen molar-refractivity contribution >= 4 is 17.4 Å². The number of anilines is 2. The van der Waals surface area contributed by atoms with Crippen molar-refractivity contribution < 1.29 is 18.0 Å². The molecule has 4 rings (SSSR count). The predicted octanol–water partition coefficient (Wildman–Crippen LogP) is 4.50. The van der Waals surface area contributed by atoms with Gasteiger partial charge in [-0.05, 0) is 50.1 Å². The lowest BCUT2D eigenvalue weighted by Gasteiger charge is -2.24. The molecule has 4 heterocycles. The van der Waals surface area contributed by atoms with E-state index in [0.717, 1.165) is 30.3 Å². The molecule has 32 heavy (non-hydrogen) atoms. The van der Waals surface area contributed by atoms with Crippen LogP contribution < -0.4 is 5.32 Å². The molecule has 10 heteroatoms. The topological polar surface area (TPSA) is 75.9 Å². The largest absolute Gasteiger partial charge is 0.435 e. The highest BCUT2D eigenvalue weighted by Gasteiger charge is 2.35. The first-order chi connectivity index (χ1) is 15.3. The number of likely N-dealkylation sites (tertiary alicyclic amines) is 1. The van der Waals surface area contributed by atoms with E-state index in [0.29, 0.717) is 18.1 Å². The Bertz CT molecular complexity index is 1070. The van der Waals surface area contributed by atoms with E-state index in [1.165, 1.54) is 4.68 Å². The van der Waals surface area contributed by atoms with Gasteiger partial charge in [-0.15, -0.1) is 0 Å². The predicted molar refractivity (Wildman–Crippen MR) is 112 cm³/mol. The second-order valence-corrected chi connectivity index (χ2v) is 7.70. The van der Waals surface area contributed by atoms with Gasteiger partial charge in [0, 0.05) is 31.4 Å². The number of hydrogen-bond donors (Lipinski definition) is 1. The van der Waals surface area contributed by atoms with Gasteiger partial charge >= 0.3 is 6.18 Å². The van der Waals surface area contributed by atoms with E-state index in [1.54, 1.807) is 24.2 Å². The summed E-state index contributed by atoms with van der Waals surface area (Å²) in [4.78, 5) is 23.3. The second kappa shape index (κ2) is 8.97. The summed E-state index contributed by atoms with van der Waals surface area (Å²) in [5, 5.41) is 6.77. The second-order valence-electron chi connectivity index (χ2n) is 7.70. The number of nitrogens with zero attached hydrogens (tertiary/aromatic N) is 5. The van der Waals surface area contributed by atoms with E-state index >= 15 is 0 Å². The number of aryl methyl sites for hydroxylation is 2. The fourth-order valence-electron chi connectivity index (χ4n) is 3.85. The number of aromatic nitrogens is 4. The Hall–Kier alpha value is -3.43. The van der Waals surface area contributed by atoms with Crippen LogP contribution in [0.4, 0.5) is 24.7 Å². The van der Waals surface area contributed by atoms with Crippen LogP contribution >= 0.6 is 0 Å². The third-order valence-electron chi connectivity index (χ3n) is 5.45. The smallest absolute Gasteiger partial charge is 0.339 e. The maximum Gasteiger partial charge on any atom is 0.435 e. The monoisotopic (exact) mass is 444 g/mol. The molecular weight excluding hydrogens is 421 g/mol. The van der Waals surface area contributed by atoms with Crippen molar-refractivity contribution in [1.29, 1.82) is 0 Å². The van der Waals surface area contributed by atoms with Crippen LogP contribution in [-0.4, -0.2) is 37.1 Å². The van der Waals surface area contributed by atoms with Crippen LogP contribution in [0.25, 0.3) is 0 Å². The maximum atomic E-state index is 12.8. The first kappa shape index (κ1) is 21.8. The number of hydrogen-bond acceptors (Lipinski definition) is 5. The highest BCUT2D eigenvalue weighted by molar-refractivity contribution is 5.77. The number of alkyl halides is 3. The molecule has 3 aromatic rings. The zero-order valence-electron chi connectivity index (χ0n) is 17.5. The van der Waals surface area contributed by atoms with Gasteiger partial charge in [-0.1, -0.05) is 6.07 Å². The molecule has 168 valence electrons. The number of pyridine rings is 2. The Morgan fingerprint density at radius 1 is 1.22 bits per heavy atom. The quantitative estimate of drug-likeness (QED) is 0.606. The molecule has 0 unspecified atom stereocenters. The van der Waals surface area contributed by atoms with Gasteiger partial charge in [0.2, 0.25) is 5.91 Å². The summed E-state index contributed by atoms with van der Waals surface area (Å²) in [6.07, 6.45) is 0.631. The van der Waals surface area contributed by atoms with Gasteiger partial charge in [-0.25, -0.2) is 4.98 Å². The lowest BCUT2D eigenvalue weighted by molar-refractivity contribution is -0.141. The van der Waals surface area contributed by atoms with E-state index in [4.69, 9.17) is 0 Å². The van der Waals surface area contributed by atoms with E-state index in [2.05, 4.69) is 20.4 Å². The SMILES string of the molecule is Cc1cc(C(F)(F)F)nn1CCC(=O)N1CCC[C@@H]1c1ccc(Nc2ccccn2)cn1. The minimum atomic E-state index is -4.50. The third-order valence-corrected chi connectivity index (χ3v) is 5.45. The van der Waals surface area contributed by atoms with Crippen molar-refractivity contribution in [2.24, 2.45) is 0 Å². The molecule has 7 nitrogen and oxygen atoms in total. The fraction of sp³-hybridized carbons (Fsp3) is 0.364. The van der Waals surface area contributed by atoms with Gasteiger partial charge < -0.3 is 10.2 Å². The Morgan fingerprint density at radius 3 is 2.72 bits per heavy atom. The molecular formula is C22H23F3N6O. The molecule has 0 saturated carbocycles. The summed E-state index contributed by atoms with van der Waals surface area (Å²) in [6, 6.07) is 10.2. The Kier molecular flexibility index (Phi) is 6.11. The Labute approximate surface area is 183 Å². The Balaban J connectivity index is 1.39. The van der Waals surface area contributed by atoms with Crippen molar-refractivity contribution in [1.82, 2.24) is 24.6 Å². The van der Waals surface area contributed by atoms with Crippen LogP contribution in [0.1, 0.15) is 42.4 Å². The number of rotatable bonds is 6. The molecule has 0 radical (unpaired) electrons. The summed E-state index contributed by atoms with van der Waals surface area (Å²) in [6.45, 7) is 2.26. The van der Waals surface area contributed by atoms with Crippen LogP contribution in [0.15, 0.2) is 48.8 Å². The number of halogens is 3. The van der Waals surface area contributed by atoms with Crippen LogP contribution in [0.2, 0.25) is 0 Å². The van der Waals surface area contributed by atoms with Crippen molar-refractivity contribution in [3.05, 3.63) is 65.9 Å². The fourth-order valence-corrected chi connectivity index (χ4v) is 3.85. The summed E-state index contributed by atoms with van der Waals surface area (Å²) >= 11 is 0. The summed E-state index contributed by atoms with van der Waals surface area (Å²) in [5.74, 6) is 0.593. The molecule has 0 aromatic carbocycles. The molecule has 1 atom stereocenters. The summed E-state index contributed by atoms with van der Waals surface area (Å²) in [5.41, 5.74) is 1.01. The van der Waals surface area contributed by atoms with Gasteiger partial charge in [0.15, 0.2) is 5.69 Å². The van der Waals surface area contributed by atoms with E-state index in [9.17, 15) is 18.0 Å². The molecule has 1 saturated heterocycles. The standard InChI is InChI=1S/C22H23F3N6O/c1-15-13-19(22(23,24)25)29-31(15)12-9-21(32)30-11-4-5-18(30)17-8-7-16(14-27-17)28-20-6-2-3-10-26-20/h2-3,6-8,10,13-14,18H,4-5,9,11-12H2,1H3,(H,26,28)/t18-/m1/s1. The summed E-state index contributed by atoms with van der Waals surface area (Å²) < 4.78 is 39.8. The van der Waals surface area contributed by atoms with E-state index in [1.807, 2.05) is 30.3 Å². The number of carbonyl (C=O) groups excluding carboxylic acids is 1. The molecule has 1 aliphatic rings. The molecule has 1 amide bonds. The minimum Gasteiger partial charge on any atom is -0.339 e. The number of nitrogens with one attached hydrogen (secondary N) is 1. The first-order valence-electron chi connectivity index (χ1n) is 10.4. The zero-order chi connectivity index (χ0) is 22.7. The first-order valence-corrected chi connectivity index (χ1v) is 10.4. The highest BCUT2D eigenvalue weighted by Crippen LogP contribution is 2.32. The van der Waals surface area contributed by atoms with Crippen molar-refractivity contribution in [2.75, 3.05) is 11.9 Å². The van der Waals surface area contributed by atoms with Crippen LogP contribution in [0.5, 0.6) is 0 Å². The van der Waals surface area contributed by atoms with Gasteiger partial charge in [-0.2, -0.15) is 18.3 Å². The van der Waals surface area contributed by atoms with Crippen LogP contribution in [0.3, 0.4) is 0 Å². The number of amides is 1. The lowest BCUT2D eigenvalue weighted by Crippen LogP contribution is -2.31. The van der Waals surface area contributed by atoms with E-state index < -0.39 is 11.9 Å². The van der Waals surface area contributed by atoms with E-state index in [-0.39, 0.29) is 24.9 Å². The van der Waals surface area contributed by atoms with Crippen molar-refractivity contribution in [3.63, 3.8) is 0 Å². The molecule has 0 spiro atoms. The van der Waals surface area contributed by atoms with Gasteiger partial charge in [0.05, 0.1) is 23.6 Å². The Morgan fingerprint density at radius 2 is 2.06 bits per heavy atom. The van der Waals surface area contributed by atoms with Crippen molar-refractivity contribution in [3.8, 4) is 0 Å². The molecule has 1 N–H and O–H groups in total. The van der Waals surface area contributed by atoms with Crippen molar-refractivity contribution in [2.45, 2.75) is 44.9 Å². The zero-order valence-corrected chi connectivity index (χ0v) is 17.5. The van der Waals surface area contributed by atoms with Gasteiger partial charge in [-0.3, -0.25) is 14.5 Å². The molecule has 1 fully saturated rings. The minimum absolute atomic E-state index is 0.0790. The normalized spacial score (nSPS) is 16.4. The number of carbonyl (C=O) groups is 1. The molecule has 0 aliphatic carbocycles. The maximum absolute atomic E-state index is 12.8. The van der Waals surface area contributed by atoms with Gasteiger partial charge in [0.1, 0.15) is 5.82 Å².